The second-order valence-electron chi connectivity index (χ2n) is 6.90. The zero-order chi connectivity index (χ0) is 20.2. The Labute approximate surface area is 167 Å². The minimum Gasteiger partial charge on any atom is -0.507 e. The van der Waals surface area contributed by atoms with Crippen LogP contribution in [0.4, 0.5) is 5.69 Å². The highest BCUT2D eigenvalue weighted by Gasteiger charge is 2.18. The second kappa shape index (κ2) is 8.32. The van der Waals surface area contributed by atoms with Crippen LogP contribution < -0.4 is 10.1 Å². The third-order valence-corrected chi connectivity index (χ3v) is 4.86. The van der Waals surface area contributed by atoms with Crippen LogP contribution in [0.15, 0.2) is 42.7 Å². The van der Waals surface area contributed by atoms with Gasteiger partial charge >= 0.3 is 0 Å². The molecule has 0 spiro atoms. The molecule has 8 nitrogen and oxygen atoms in total. The Balaban J connectivity index is 1.55. The van der Waals surface area contributed by atoms with Gasteiger partial charge in [-0.1, -0.05) is 0 Å². The number of benzene rings is 1. The molecule has 1 saturated heterocycles. The summed E-state index contributed by atoms with van der Waals surface area (Å²) < 4.78 is 11.2. The lowest BCUT2D eigenvalue weighted by molar-refractivity contribution is 0.0493. The number of nitrogens with one attached hydrogen (secondary N) is 1. The number of amides is 1. The van der Waals surface area contributed by atoms with E-state index in [4.69, 9.17) is 9.47 Å². The number of carbonyl (C=O) groups is 1. The molecule has 0 radical (unpaired) electrons. The van der Waals surface area contributed by atoms with Gasteiger partial charge in [0.05, 0.1) is 12.0 Å². The van der Waals surface area contributed by atoms with Crippen molar-refractivity contribution in [1.29, 1.82) is 0 Å². The highest BCUT2D eigenvalue weighted by molar-refractivity contribution is 6.06. The molecule has 0 saturated carbocycles. The summed E-state index contributed by atoms with van der Waals surface area (Å²) in [6.07, 6.45) is 4.89. The van der Waals surface area contributed by atoms with E-state index in [1.807, 2.05) is 0 Å². The maximum absolute atomic E-state index is 12.4. The largest absolute Gasteiger partial charge is 0.507 e. The number of fused-ring (bicyclic) bond motifs is 1. The first-order valence-corrected chi connectivity index (χ1v) is 9.39. The van der Waals surface area contributed by atoms with Crippen molar-refractivity contribution in [2.75, 3.05) is 25.1 Å². The lowest BCUT2D eigenvalue weighted by Gasteiger charge is -2.22. The van der Waals surface area contributed by atoms with Crippen molar-refractivity contribution in [3.8, 4) is 17.4 Å². The highest BCUT2D eigenvalue weighted by atomic mass is 16.5. The van der Waals surface area contributed by atoms with E-state index in [2.05, 4.69) is 15.3 Å². The van der Waals surface area contributed by atoms with E-state index in [1.165, 1.54) is 24.4 Å². The average Bonchev–Trinajstić information content (AvgIpc) is 2.73. The number of aromatic hydroxyl groups is 2. The maximum Gasteiger partial charge on any atom is 0.278 e. The fraction of sp³-hybridized carbons (Fsp3) is 0.286. The van der Waals surface area contributed by atoms with Crippen molar-refractivity contribution in [2.24, 2.45) is 5.92 Å². The summed E-state index contributed by atoms with van der Waals surface area (Å²) in [6.45, 7) is 1.97. The maximum atomic E-state index is 12.4. The molecular formula is C21H21N3O5. The Morgan fingerprint density at radius 2 is 1.97 bits per heavy atom. The molecule has 0 bridgehead atoms. The van der Waals surface area contributed by atoms with Gasteiger partial charge in [-0.05, 0) is 48.4 Å². The van der Waals surface area contributed by atoms with Gasteiger partial charge in [0, 0.05) is 37.4 Å². The molecule has 0 atom stereocenters. The van der Waals surface area contributed by atoms with E-state index in [-0.39, 0.29) is 17.2 Å². The van der Waals surface area contributed by atoms with E-state index in [9.17, 15) is 15.0 Å². The minimum absolute atomic E-state index is 0.0573. The Bertz CT molecular complexity index is 1030. The molecule has 3 heterocycles. The predicted molar refractivity (Wildman–Crippen MR) is 106 cm³/mol. The number of carbonyl (C=O) groups excluding carboxylic acids is 1. The second-order valence-corrected chi connectivity index (χ2v) is 6.90. The van der Waals surface area contributed by atoms with Crippen molar-refractivity contribution >= 4 is 22.4 Å². The molecule has 1 aliphatic rings. The van der Waals surface area contributed by atoms with Crippen LogP contribution in [0.2, 0.25) is 0 Å². The van der Waals surface area contributed by atoms with Crippen LogP contribution in [-0.2, 0) is 4.74 Å². The first-order valence-electron chi connectivity index (χ1n) is 9.39. The van der Waals surface area contributed by atoms with E-state index in [0.29, 0.717) is 34.9 Å². The van der Waals surface area contributed by atoms with Gasteiger partial charge in [-0.2, -0.15) is 0 Å². The van der Waals surface area contributed by atoms with Crippen LogP contribution in [0.3, 0.4) is 0 Å². The first kappa shape index (κ1) is 18.9. The standard InChI is InChI=1S/C21H21N3O5/c25-16-2-1-6-22-19(16)20(27)24-15-10-14-3-7-23-21(18(14)17(26)11-15)29-12-13-4-8-28-9-5-13/h1-3,6-7,10-11,13,25-26H,4-5,8-9,12H2,(H,24,27). The monoisotopic (exact) mass is 395 g/mol. The molecule has 4 rings (SSSR count). The number of aromatic nitrogens is 2. The molecule has 1 fully saturated rings. The highest BCUT2D eigenvalue weighted by Crippen LogP contribution is 2.35. The summed E-state index contributed by atoms with van der Waals surface area (Å²) in [6, 6.07) is 7.76. The molecular weight excluding hydrogens is 374 g/mol. The number of phenols is 1. The number of pyridine rings is 2. The van der Waals surface area contributed by atoms with Gasteiger partial charge in [-0.15, -0.1) is 0 Å². The van der Waals surface area contributed by atoms with Gasteiger partial charge in [0.15, 0.2) is 5.69 Å². The lowest BCUT2D eigenvalue weighted by Crippen LogP contribution is -2.21. The van der Waals surface area contributed by atoms with Crippen LogP contribution >= 0.6 is 0 Å². The number of anilines is 1. The van der Waals surface area contributed by atoms with Gasteiger partial charge in [0.25, 0.3) is 5.91 Å². The number of ether oxygens (including phenoxy) is 2. The fourth-order valence-electron chi connectivity index (χ4n) is 3.32. The number of hydrogen-bond acceptors (Lipinski definition) is 7. The SMILES string of the molecule is O=C(Nc1cc(O)c2c(OCC3CCOCC3)nccc2c1)c1ncccc1O. The predicted octanol–water partition coefficient (Wildman–Crippen LogP) is 3.10. The average molecular weight is 395 g/mol. The third kappa shape index (κ3) is 4.22. The summed E-state index contributed by atoms with van der Waals surface area (Å²) in [7, 11) is 0. The fourth-order valence-corrected chi connectivity index (χ4v) is 3.32. The lowest BCUT2D eigenvalue weighted by atomic mass is 10.0. The topological polar surface area (TPSA) is 114 Å². The Morgan fingerprint density at radius 1 is 1.14 bits per heavy atom. The number of phenolic OH excluding ortho intramolecular Hbond substituents is 1. The molecule has 3 N–H and O–H groups in total. The zero-order valence-electron chi connectivity index (χ0n) is 15.7. The minimum atomic E-state index is -0.577. The molecule has 1 amide bonds. The molecule has 29 heavy (non-hydrogen) atoms. The first-order chi connectivity index (χ1) is 14.1. The molecule has 1 aromatic carbocycles. The Kier molecular flexibility index (Phi) is 5.44. The molecule has 1 aliphatic heterocycles. The Morgan fingerprint density at radius 3 is 2.76 bits per heavy atom. The number of hydrogen-bond donors (Lipinski definition) is 3. The summed E-state index contributed by atoms with van der Waals surface area (Å²) in [4.78, 5) is 20.5. The number of nitrogens with zero attached hydrogens (tertiary/aromatic N) is 2. The zero-order valence-corrected chi connectivity index (χ0v) is 15.7. The van der Waals surface area contributed by atoms with E-state index in [1.54, 1.807) is 18.3 Å². The van der Waals surface area contributed by atoms with E-state index < -0.39 is 5.91 Å². The molecule has 0 aliphatic carbocycles. The van der Waals surface area contributed by atoms with Crippen LogP contribution in [0, 0.1) is 5.92 Å². The van der Waals surface area contributed by atoms with Gasteiger partial charge in [0.1, 0.15) is 11.5 Å². The van der Waals surface area contributed by atoms with Crippen LogP contribution in [-0.4, -0.2) is 45.9 Å². The van der Waals surface area contributed by atoms with Gasteiger partial charge in [-0.3, -0.25) is 4.79 Å². The van der Waals surface area contributed by atoms with Crippen LogP contribution in [0.25, 0.3) is 10.8 Å². The summed E-state index contributed by atoms with van der Waals surface area (Å²) in [5.74, 6) is -0.104. The Hall–Kier alpha value is -3.39. The molecule has 0 unspecified atom stereocenters. The number of rotatable bonds is 5. The van der Waals surface area contributed by atoms with Gasteiger partial charge in [0.2, 0.25) is 5.88 Å². The third-order valence-electron chi connectivity index (χ3n) is 4.86. The van der Waals surface area contributed by atoms with E-state index >= 15 is 0 Å². The van der Waals surface area contributed by atoms with E-state index in [0.717, 1.165) is 26.1 Å². The summed E-state index contributed by atoms with van der Waals surface area (Å²) >= 11 is 0. The quantitative estimate of drug-likeness (QED) is 0.608. The molecule has 3 aromatic rings. The van der Waals surface area contributed by atoms with Gasteiger partial charge < -0.3 is 25.0 Å². The van der Waals surface area contributed by atoms with Crippen molar-refractivity contribution in [3.63, 3.8) is 0 Å². The summed E-state index contributed by atoms with van der Waals surface area (Å²) in [5, 5.41) is 24.1. The van der Waals surface area contributed by atoms with Crippen LogP contribution in [0.5, 0.6) is 17.4 Å². The smallest absolute Gasteiger partial charge is 0.278 e. The van der Waals surface area contributed by atoms with Crippen molar-refractivity contribution in [3.05, 3.63) is 48.4 Å². The van der Waals surface area contributed by atoms with Crippen LogP contribution in [0.1, 0.15) is 23.3 Å². The summed E-state index contributed by atoms with van der Waals surface area (Å²) in [5.41, 5.74) is 0.272. The molecule has 2 aromatic heterocycles. The molecule has 150 valence electrons. The normalized spacial score (nSPS) is 14.6. The van der Waals surface area contributed by atoms with Crippen molar-refractivity contribution < 1.29 is 24.5 Å². The van der Waals surface area contributed by atoms with Crippen molar-refractivity contribution in [1.82, 2.24) is 9.97 Å². The van der Waals surface area contributed by atoms with Crippen molar-refractivity contribution in [2.45, 2.75) is 12.8 Å². The van der Waals surface area contributed by atoms with Gasteiger partial charge in [-0.25, -0.2) is 9.97 Å². The molecule has 8 heteroatoms.